The van der Waals surface area contributed by atoms with Crippen molar-refractivity contribution in [3.05, 3.63) is 90.1 Å². The Morgan fingerprint density at radius 1 is 0.893 bits per heavy atom. The van der Waals surface area contributed by atoms with Crippen molar-refractivity contribution in [2.45, 2.75) is 6.92 Å². The van der Waals surface area contributed by atoms with Gasteiger partial charge in [0.05, 0.1) is 12.7 Å². The number of carbonyl (C=O) groups is 1. The minimum atomic E-state index is -0.404. The molecule has 4 nitrogen and oxygen atoms in total. The molecular formula is C24H19NO3. The first-order valence-electron chi connectivity index (χ1n) is 8.97. The van der Waals surface area contributed by atoms with Gasteiger partial charge in [-0.15, -0.1) is 0 Å². The van der Waals surface area contributed by atoms with E-state index in [1.54, 1.807) is 31.5 Å². The number of methoxy groups -OCH3 is 1. The van der Waals surface area contributed by atoms with Crippen molar-refractivity contribution in [1.29, 1.82) is 0 Å². The summed E-state index contributed by atoms with van der Waals surface area (Å²) >= 11 is 0. The minimum absolute atomic E-state index is 0.404. The number of benzene rings is 3. The third kappa shape index (κ3) is 3.32. The average Bonchev–Trinajstić information content (AvgIpc) is 2.74. The Morgan fingerprint density at radius 3 is 2.36 bits per heavy atom. The molecule has 0 bridgehead atoms. The molecule has 138 valence electrons. The van der Waals surface area contributed by atoms with Crippen molar-refractivity contribution in [2.75, 3.05) is 7.11 Å². The molecule has 0 radical (unpaired) electrons. The van der Waals surface area contributed by atoms with Gasteiger partial charge in [0.25, 0.3) is 0 Å². The minimum Gasteiger partial charge on any atom is -0.481 e. The van der Waals surface area contributed by atoms with E-state index in [4.69, 9.17) is 9.47 Å². The van der Waals surface area contributed by atoms with Gasteiger partial charge in [0.15, 0.2) is 0 Å². The molecule has 0 spiro atoms. The Labute approximate surface area is 163 Å². The van der Waals surface area contributed by atoms with Gasteiger partial charge in [-0.25, -0.2) is 9.78 Å². The van der Waals surface area contributed by atoms with Crippen molar-refractivity contribution in [3.63, 3.8) is 0 Å². The molecule has 0 amide bonds. The molecule has 0 aliphatic carbocycles. The summed E-state index contributed by atoms with van der Waals surface area (Å²) in [6, 6.07) is 22.6. The molecule has 0 N–H and O–H groups in total. The van der Waals surface area contributed by atoms with E-state index in [2.05, 4.69) is 4.98 Å². The Kier molecular flexibility index (Phi) is 4.77. The van der Waals surface area contributed by atoms with Gasteiger partial charge in [-0.2, -0.15) is 0 Å². The first kappa shape index (κ1) is 17.7. The van der Waals surface area contributed by atoms with Gasteiger partial charge in [-0.1, -0.05) is 54.1 Å². The van der Waals surface area contributed by atoms with Crippen molar-refractivity contribution in [1.82, 2.24) is 4.98 Å². The summed E-state index contributed by atoms with van der Waals surface area (Å²) < 4.78 is 11.2. The highest BCUT2D eigenvalue weighted by Gasteiger charge is 2.17. The van der Waals surface area contributed by atoms with E-state index in [0.717, 1.165) is 21.9 Å². The standard InChI is InChI=1S/C24H19NO3/c1-16-11-13-17(14-12-16)20-15-25-23(27-2)19-9-6-10-21(22(19)20)28-24(26)18-7-4-3-5-8-18/h3-15H,1-2H3. The Hall–Kier alpha value is -3.66. The van der Waals surface area contributed by atoms with Crippen molar-refractivity contribution in [2.24, 2.45) is 0 Å². The quantitative estimate of drug-likeness (QED) is 0.355. The lowest BCUT2D eigenvalue weighted by Gasteiger charge is -2.14. The lowest BCUT2D eigenvalue weighted by Crippen LogP contribution is -2.08. The van der Waals surface area contributed by atoms with Gasteiger partial charge >= 0.3 is 5.97 Å². The van der Waals surface area contributed by atoms with E-state index in [1.807, 2.05) is 61.5 Å². The number of pyridine rings is 1. The summed E-state index contributed by atoms with van der Waals surface area (Å²) in [7, 11) is 1.58. The summed E-state index contributed by atoms with van der Waals surface area (Å²) in [5, 5.41) is 1.58. The van der Waals surface area contributed by atoms with Crippen molar-refractivity contribution >= 4 is 16.7 Å². The third-order valence-electron chi connectivity index (χ3n) is 4.60. The highest BCUT2D eigenvalue weighted by atomic mass is 16.5. The summed E-state index contributed by atoms with van der Waals surface area (Å²) in [6.45, 7) is 2.04. The van der Waals surface area contributed by atoms with E-state index in [-0.39, 0.29) is 0 Å². The zero-order valence-electron chi connectivity index (χ0n) is 15.7. The largest absolute Gasteiger partial charge is 0.481 e. The molecule has 0 saturated carbocycles. The summed E-state index contributed by atoms with van der Waals surface area (Å²) in [5.41, 5.74) is 3.55. The van der Waals surface area contributed by atoms with Gasteiger partial charge in [-0.05, 0) is 36.8 Å². The second kappa shape index (κ2) is 7.53. The monoisotopic (exact) mass is 369 g/mol. The van der Waals surface area contributed by atoms with Gasteiger partial charge in [0, 0.05) is 22.5 Å². The maximum Gasteiger partial charge on any atom is 0.343 e. The lowest BCUT2D eigenvalue weighted by molar-refractivity contribution is 0.0737. The number of aromatic nitrogens is 1. The molecule has 28 heavy (non-hydrogen) atoms. The molecule has 0 fully saturated rings. The van der Waals surface area contributed by atoms with Crippen molar-refractivity contribution < 1.29 is 14.3 Å². The molecule has 0 aliphatic heterocycles. The lowest BCUT2D eigenvalue weighted by atomic mass is 9.99. The van der Waals surface area contributed by atoms with Crippen LogP contribution in [0.3, 0.4) is 0 Å². The first-order valence-corrected chi connectivity index (χ1v) is 8.97. The second-order valence-electron chi connectivity index (χ2n) is 6.48. The summed E-state index contributed by atoms with van der Waals surface area (Å²) in [4.78, 5) is 17.1. The molecule has 0 saturated heterocycles. The Morgan fingerprint density at radius 2 is 1.64 bits per heavy atom. The van der Waals surface area contributed by atoms with Crippen LogP contribution in [0.2, 0.25) is 0 Å². The fourth-order valence-electron chi connectivity index (χ4n) is 3.18. The van der Waals surface area contributed by atoms with E-state index < -0.39 is 5.97 Å². The maximum atomic E-state index is 12.6. The number of esters is 1. The number of ether oxygens (including phenoxy) is 2. The molecule has 1 aromatic heterocycles. The van der Waals surface area contributed by atoms with Crippen LogP contribution in [0.5, 0.6) is 11.6 Å². The fourth-order valence-corrected chi connectivity index (χ4v) is 3.18. The van der Waals surface area contributed by atoms with Crippen LogP contribution in [0.1, 0.15) is 15.9 Å². The topological polar surface area (TPSA) is 48.4 Å². The van der Waals surface area contributed by atoms with Crippen LogP contribution in [0.15, 0.2) is 79.0 Å². The molecular weight excluding hydrogens is 350 g/mol. The van der Waals surface area contributed by atoms with Crippen LogP contribution < -0.4 is 9.47 Å². The van der Waals surface area contributed by atoms with E-state index >= 15 is 0 Å². The summed E-state index contributed by atoms with van der Waals surface area (Å²) in [5.74, 6) is 0.560. The molecule has 0 aliphatic rings. The Balaban J connectivity index is 1.89. The van der Waals surface area contributed by atoms with Crippen LogP contribution in [-0.4, -0.2) is 18.1 Å². The molecule has 3 aromatic carbocycles. The molecule has 4 heteroatoms. The predicted molar refractivity (Wildman–Crippen MR) is 110 cm³/mol. The van der Waals surface area contributed by atoms with Crippen LogP contribution >= 0.6 is 0 Å². The van der Waals surface area contributed by atoms with E-state index in [1.165, 1.54) is 5.56 Å². The van der Waals surface area contributed by atoms with Crippen molar-refractivity contribution in [3.8, 4) is 22.8 Å². The predicted octanol–water partition coefficient (Wildman–Crippen LogP) is 5.44. The Bertz CT molecular complexity index is 1140. The number of aryl methyl sites for hydroxylation is 1. The second-order valence-corrected chi connectivity index (χ2v) is 6.48. The zero-order chi connectivity index (χ0) is 19.5. The molecule has 0 atom stereocenters. The van der Waals surface area contributed by atoms with Gasteiger partial charge < -0.3 is 9.47 Å². The highest BCUT2D eigenvalue weighted by Crippen LogP contribution is 2.38. The number of hydrogen-bond acceptors (Lipinski definition) is 4. The summed E-state index contributed by atoms with van der Waals surface area (Å²) in [6.07, 6.45) is 1.76. The van der Waals surface area contributed by atoms with Crippen LogP contribution in [-0.2, 0) is 0 Å². The number of nitrogens with zero attached hydrogens (tertiary/aromatic N) is 1. The SMILES string of the molecule is COc1ncc(-c2ccc(C)cc2)c2c(OC(=O)c3ccccc3)cccc12. The van der Waals surface area contributed by atoms with Crippen LogP contribution in [0.4, 0.5) is 0 Å². The number of rotatable bonds is 4. The molecule has 0 unspecified atom stereocenters. The smallest absolute Gasteiger partial charge is 0.343 e. The molecule has 4 rings (SSSR count). The highest BCUT2D eigenvalue weighted by molar-refractivity contribution is 6.04. The molecule has 1 heterocycles. The van der Waals surface area contributed by atoms with E-state index in [9.17, 15) is 4.79 Å². The molecule has 4 aromatic rings. The number of hydrogen-bond donors (Lipinski definition) is 0. The van der Waals surface area contributed by atoms with Crippen LogP contribution in [0.25, 0.3) is 21.9 Å². The number of carbonyl (C=O) groups excluding carboxylic acids is 1. The maximum absolute atomic E-state index is 12.6. The fraction of sp³-hybridized carbons (Fsp3) is 0.0833. The van der Waals surface area contributed by atoms with E-state index in [0.29, 0.717) is 17.2 Å². The normalized spacial score (nSPS) is 10.6. The van der Waals surface area contributed by atoms with Gasteiger partial charge in [0.1, 0.15) is 5.75 Å². The van der Waals surface area contributed by atoms with Crippen LogP contribution in [0, 0.1) is 6.92 Å². The number of fused-ring (bicyclic) bond motifs is 1. The zero-order valence-corrected chi connectivity index (χ0v) is 15.7. The van der Waals surface area contributed by atoms with Gasteiger partial charge in [-0.3, -0.25) is 0 Å². The first-order chi connectivity index (χ1) is 13.7. The third-order valence-corrected chi connectivity index (χ3v) is 4.60. The van der Waals surface area contributed by atoms with Gasteiger partial charge in [0.2, 0.25) is 5.88 Å². The average molecular weight is 369 g/mol.